The fourth-order valence-corrected chi connectivity index (χ4v) is 4.60. The molecule has 1 aromatic heterocycles. The van der Waals surface area contributed by atoms with Crippen LogP contribution in [0, 0.1) is 18.7 Å². The van der Waals surface area contributed by atoms with Gasteiger partial charge >= 0.3 is 0 Å². The summed E-state index contributed by atoms with van der Waals surface area (Å²) in [5.41, 5.74) is 4.05. The third-order valence-electron chi connectivity index (χ3n) is 6.72. The monoisotopic (exact) mass is 484 g/mol. The molecule has 1 N–H and O–H groups in total. The van der Waals surface area contributed by atoms with Crippen LogP contribution < -0.4 is 5.32 Å². The molecule has 0 saturated carbocycles. The van der Waals surface area contributed by atoms with Crippen molar-refractivity contribution in [2.45, 2.75) is 32.4 Å². The number of nitrogens with zero attached hydrogens (tertiary/aromatic N) is 3. The van der Waals surface area contributed by atoms with E-state index in [-0.39, 0.29) is 23.7 Å². The Bertz CT molecular complexity index is 1280. The highest BCUT2D eigenvalue weighted by molar-refractivity contribution is 5.79. The lowest BCUT2D eigenvalue weighted by Crippen LogP contribution is -2.41. The molecule has 4 aromatic rings. The van der Waals surface area contributed by atoms with Crippen molar-refractivity contribution in [3.63, 3.8) is 0 Å². The lowest BCUT2D eigenvalue weighted by atomic mass is 9.93. The molecular formula is C29H29FN4O2. The number of halogens is 1. The van der Waals surface area contributed by atoms with Crippen molar-refractivity contribution < 1.29 is 13.7 Å². The second-order valence-electron chi connectivity index (χ2n) is 9.33. The number of amides is 1. The predicted octanol–water partition coefficient (Wildman–Crippen LogP) is 5.30. The number of hydrogen-bond donors (Lipinski definition) is 1. The van der Waals surface area contributed by atoms with E-state index < -0.39 is 0 Å². The van der Waals surface area contributed by atoms with E-state index in [1.807, 2.05) is 18.2 Å². The van der Waals surface area contributed by atoms with Crippen LogP contribution in [0.5, 0.6) is 0 Å². The van der Waals surface area contributed by atoms with Gasteiger partial charge in [0.2, 0.25) is 17.6 Å². The van der Waals surface area contributed by atoms with Crippen LogP contribution in [0.25, 0.3) is 11.4 Å². The van der Waals surface area contributed by atoms with E-state index in [1.165, 1.54) is 17.7 Å². The Morgan fingerprint density at radius 3 is 2.36 bits per heavy atom. The van der Waals surface area contributed by atoms with Crippen molar-refractivity contribution >= 4 is 5.91 Å². The van der Waals surface area contributed by atoms with Gasteiger partial charge in [0.15, 0.2) is 0 Å². The van der Waals surface area contributed by atoms with Gasteiger partial charge in [-0.3, -0.25) is 9.69 Å². The number of carbonyl (C=O) groups excluding carboxylic acids is 1. The number of nitrogens with one attached hydrogen (secondary N) is 1. The topological polar surface area (TPSA) is 71.3 Å². The predicted molar refractivity (Wildman–Crippen MR) is 135 cm³/mol. The van der Waals surface area contributed by atoms with Crippen molar-refractivity contribution in [3.05, 3.63) is 107 Å². The molecule has 1 saturated heterocycles. The quantitative estimate of drug-likeness (QED) is 0.385. The largest absolute Gasteiger partial charge is 0.345 e. The molecule has 0 radical (unpaired) electrons. The molecule has 2 heterocycles. The van der Waals surface area contributed by atoms with Crippen LogP contribution in [-0.4, -0.2) is 34.0 Å². The molecule has 6 nitrogen and oxygen atoms in total. The average molecular weight is 485 g/mol. The lowest BCUT2D eigenvalue weighted by molar-refractivity contribution is -0.127. The minimum Gasteiger partial charge on any atom is -0.345 e. The van der Waals surface area contributed by atoms with Gasteiger partial charge in [0.05, 0.1) is 12.6 Å². The van der Waals surface area contributed by atoms with Crippen LogP contribution in [0.4, 0.5) is 4.39 Å². The number of aryl methyl sites for hydroxylation is 1. The Hall–Kier alpha value is -3.84. The van der Waals surface area contributed by atoms with Crippen LogP contribution >= 0.6 is 0 Å². The minimum absolute atomic E-state index is 0.0460. The van der Waals surface area contributed by atoms with Crippen molar-refractivity contribution in [1.82, 2.24) is 20.4 Å². The van der Waals surface area contributed by atoms with Gasteiger partial charge in [-0.05, 0) is 68.2 Å². The Morgan fingerprint density at radius 2 is 1.67 bits per heavy atom. The molecule has 1 aliphatic rings. The fraction of sp³-hybridized carbons (Fsp3) is 0.276. The molecule has 1 amide bonds. The van der Waals surface area contributed by atoms with Crippen molar-refractivity contribution in [2.24, 2.45) is 5.92 Å². The third kappa shape index (κ3) is 5.69. The number of carbonyl (C=O) groups is 1. The summed E-state index contributed by atoms with van der Waals surface area (Å²) in [7, 11) is 0. The molecule has 1 atom stereocenters. The Balaban J connectivity index is 1.18. The molecule has 5 rings (SSSR count). The molecule has 1 fully saturated rings. The van der Waals surface area contributed by atoms with Crippen LogP contribution in [-0.2, 0) is 11.3 Å². The van der Waals surface area contributed by atoms with Gasteiger partial charge in [-0.15, -0.1) is 0 Å². The maximum atomic E-state index is 13.3. The first-order valence-electron chi connectivity index (χ1n) is 12.3. The van der Waals surface area contributed by atoms with Gasteiger partial charge in [0, 0.05) is 11.5 Å². The third-order valence-corrected chi connectivity index (χ3v) is 6.72. The summed E-state index contributed by atoms with van der Waals surface area (Å²) in [5, 5.41) is 7.32. The average Bonchev–Trinajstić information content (AvgIpc) is 3.37. The summed E-state index contributed by atoms with van der Waals surface area (Å²) in [6, 6.07) is 24.3. The normalized spacial score (nSPS) is 15.5. The molecule has 1 unspecified atom stereocenters. The molecular weight excluding hydrogens is 455 g/mol. The zero-order valence-corrected chi connectivity index (χ0v) is 20.2. The summed E-state index contributed by atoms with van der Waals surface area (Å²) >= 11 is 0. The van der Waals surface area contributed by atoms with Gasteiger partial charge in [-0.1, -0.05) is 65.3 Å². The first-order valence-corrected chi connectivity index (χ1v) is 12.3. The first kappa shape index (κ1) is 23.9. The highest BCUT2D eigenvalue weighted by atomic mass is 19.1. The maximum Gasteiger partial charge on any atom is 0.241 e. The molecule has 184 valence electrons. The van der Waals surface area contributed by atoms with Crippen molar-refractivity contribution in [1.29, 1.82) is 0 Å². The number of benzene rings is 3. The molecule has 7 heteroatoms. The van der Waals surface area contributed by atoms with Crippen LogP contribution in [0.2, 0.25) is 0 Å². The van der Waals surface area contributed by atoms with Gasteiger partial charge in [-0.2, -0.15) is 4.98 Å². The molecule has 3 aromatic carbocycles. The van der Waals surface area contributed by atoms with Gasteiger partial charge < -0.3 is 9.84 Å². The standard InChI is InChI=1S/C29H29FN4O2/c1-20-7-9-22(10-8-20)27(21-5-3-2-4-6-21)32-29(35)24-15-17-34(18-16-24)19-26-31-28(33-36-26)23-11-13-25(30)14-12-23/h2-14,24,27H,15-19H2,1H3,(H,32,35). The first-order chi connectivity index (χ1) is 17.5. The number of piperidine rings is 1. The number of likely N-dealkylation sites (tertiary alicyclic amines) is 1. The van der Waals surface area contributed by atoms with E-state index in [9.17, 15) is 9.18 Å². The summed E-state index contributed by atoms with van der Waals surface area (Å²) in [4.78, 5) is 19.9. The van der Waals surface area contributed by atoms with E-state index in [0.29, 0.717) is 23.8 Å². The van der Waals surface area contributed by atoms with Gasteiger partial charge in [-0.25, -0.2) is 4.39 Å². The highest BCUT2D eigenvalue weighted by Crippen LogP contribution is 2.26. The SMILES string of the molecule is Cc1ccc(C(NC(=O)C2CCN(Cc3nc(-c4ccc(F)cc4)no3)CC2)c2ccccc2)cc1. The highest BCUT2D eigenvalue weighted by Gasteiger charge is 2.28. The minimum atomic E-state index is -0.302. The second kappa shape index (κ2) is 10.8. The van der Waals surface area contributed by atoms with Crippen LogP contribution in [0.3, 0.4) is 0 Å². The van der Waals surface area contributed by atoms with Gasteiger partial charge in [0.1, 0.15) is 5.82 Å². The van der Waals surface area contributed by atoms with Crippen LogP contribution in [0.15, 0.2) is 83.4 Å². The zero-order chi connectivity index (χ0) is 24.9. The Labute approximate surface area is 210 Å². The van der Waals surface area contributed by atoms with E-state index >= 15 is 0 Å². The number of aromatic nitrogens is 2. The molecule has 1 aliphatic heterocycles. The van der Waals surface area contributed by atoms with E-state index in [1.54, 1.807) is 12.1 Å². The van der Waals surface area contributed by atoms with E-state index in [2.05, 4.69) is 63.7 Å². The second-order valence-corrected chi connectivity index (χ2v) is 9.33. The summed E-state index contributed by atoms with van der Waals surface area (Å²) in [5.74, 6) is 0.697. The molecule has 0 aliphatic carbocycles. The maximum absolute atomic E-state index is 13.3. The smallest absolute Gasteiger partial charge is 0.241 e. The molecule has 36 heavy (non-hydrogen) atoms. The lowest BCUT2D eigenvalue weighted by Gasteiger charge is -2.31. The number of rotatable bonds is 7. The summed E-state index contributed by atoms with van der Waals surface area (Å²) in [6.45, 7) is 4.13. The number of hydrogen-bond acceptors (Lipinski definition) is 5. The zero-order valence-electron chi connectivity index (χ0n) is 20.2. The van der Waals surface area contributed by atoms with E-state index in [0.717, 1.165) is 37.1 Å². The van der Waals surface area contributed by atoms with Crippen molar-refractivity contribution in [3.8, 4) is 11.4 Å². The van der Waals surface area contributed by atoms with E-state index in [4.69, 9.17) is 4.52 Å². The molecule has 0 bridgehead atoms. The molecule has 0 spiro atoms. The summed E-state index contributed by atoms with van der Waals surface area (Å²) in [6.07, 6.45) is 1.53. The van der Waals surface area contributed by atoms with Gasteiger partial charge in [0.25, 0.3) is 0 Å². The Morgan fingerprint density at radius 1 is 1.00 bits per heavy atom. The fourth-order valence-electron chi connectivity index (χ4n) is 4.60. The van der Waals surface area contributed by atoms with Crippen molar-refractivity contribution in [2.75, 3.05) is 13.1 Å². The summed E-state index contributed by atoms with van der Waals surface area (Å²) < 4.78 is 18.6. The van der Waals surface area contributed by atoms with Crippen LogP contribution in [0.1, 0.15) is 41.5 Å². The Kier molecular flexibility index (Phi) is 7.18.